The lowest BCUT2D eigenvalue weighted by molar-refractivity contribution is -0.124. The number of benzene rings is 2. The van der Waals surface area contributed by atoms with E-state index in [1.165, 1.54) is 4.90 Å². The first kappa shape index (κ1) is 17.6. The summed E-state index contributed by atoms with van der Waals surface area (Å²) in [6.07, 6.45) is 5.49. The van der Waals surface area contributed by atoms with E-state index in [9.17, 15) is 14.4 Å². The minimum Gasteiger partial charge on any atom is -0.423 e. The molecule has 5 heteroatoms. The molecule has 0 aromatic heterocycles. The zero-order chi connectivity index (χ0) is 20.6. The second kappa shape index (κ2) is 6.14. The van der Waals surface area contributed by atoms with Crippen molar-refractivity contribution < 1.29 is 19.1 Å². The van der Waals surface area contributed by atoms with E-state index < -0.39 is 5.97 Å². The van der Waals surface area contributed by atoms with Crippen LogP contribution in [0.2, 0.25) is 0 Å². The van der Waals surface area contributed by atoms with Gasteiger partial charge < -0.3 is 4.74 Å². The van der Waals surface area contributed by atoms with Crippen LogP contribution >= 0.6 is 0 Å². The highest BCUT2D eigenvalue weighted by molar-refractivity contribution is 6.22. The number of imide groups is 1. The first-order valence-corrected chi connectivity index (χ1v) is 10.5. The van der Waals surface area contributed by atoms with Gasteiger partial charge in [-0.1, -0.05) is 29.8 Å². The molecule has 30 heavy (non-hydrogen) atoms. The van der Waals surface area contributed by atoms with Crippen molar-refractivity contribution in [2.24, 2.45) is 35.5 Å². The number of carbonyl (C=O) groups excluding carboxylic acids is 3. The summed E-state index contributed by atoms with van der Waals surface area (Å²) >= 11 is 0. The fourth-order valence-corrected chi connectivity index (χ4v) is 5.73. The van der Waals surface area contributed by atoms with Crippen molar-refractivity contribution in [2.45, 2.75) is 13.3 Å². The van der Waals surface area contributed by atoms with Crippen molar-refractivity contribution in [1.82, 2.24) is 0 Å². The van der Waals surface area contributed by atoms with Crippen molar-refractivity contribution in [3.63, 3.8) is 0 Å². The number of rotatable bonds is 3. The van der Waals surface area contributed by atoms with E-state index in [1.807, 2.05) is 19.1 Å². The molecular formula is C25H21NO4. The smallest absolute Gasteiger partial charge is 0.343 e. The van der Waals surface area contributed by atoms with Crippen molar-refractivity contribution in [1.29, 1.82) is 0 Å². The van der Waals surface area contributed by atoms with E-state index in [0.717, 1.165) is 12.0 Å². The third kappa shape index (κ3) is 2.44. The fourth-order valence-electron chi connectivity index (χ4n) is 5.73. The second-order valence-electron chi connectivity index (χ2n) is 8.92. The summed E-state index contributed by atoms with van der Waals surface area (Å²) in [6, 6.07) is 13.8. The molecule has 2 aromatic rings. The molecule has 2 bridgehead atoms. The lowest BCUT2D eigenvalue weighted by Gasteiger charge is -2.37. The van der Waals surface area contributed by atoms with Crippen LogP contribution in [0.25, 0.3) is 0 Å². The Hall–Kier alpha value is -3.21. The summed E-state index contributed by atoms with van der Waals surface area (Å²) in [5, 5.41) is 0. The number of anilines is 1. The number of esters is 1. The Kier molecular flexibility index (Phi) is 3.61. The number of allylic oxidation sites excluding steroid dienone is 2. The van der Waals surface area contributed by atoms with E-state index in [-0.39, 0.29) is 35.5 Å². The average Bonchev–Trinajstić information content (AvgIpc) is 3.53. The van der Waals surface area contributed by atoms with Gasteiger partial charge in [0.2, 0.25) is 11.8 Å². The number of amides is 2. The van der Waals surface area contributed by atoms with E-state index in [0.29, 0.717) is 28.8 Å². The summed E-state index contributed by atoms with van der Waals surface area (Å²) in [6.45, 7) is 1.95. The Morgan fingerprint density at radius 2 is 1.43 bits per heavy atom. The van der Waals surface area contributed by atoms with Crippen LogP contribution in [0.5, 0.6) is 5.75 Å². The van der Waals surface area contributed by atoms with Gasteiger partial charge in [-0.25, -0.2) is 4.79 Å². The highest BCUT2D eigenvalue weighted by atomic mass is 16.5. The van der Waals surface area contributed by atoms with Gasteiger partial charge in [0.05, 0.1) is 23.1 Å². The highest BCUT2D eigenvalue weighted by Crippen LogP contribution is 2.65. The maximum atomic E-state index is 13.2. The Morgan fingerprint density at radius 1 is 0.867 bits per heavy atom. The standard InChI is InChI=1S/C25H21NO4/c1-13-2-4-14(5-3-13)25(29)30-16-8-6-15(7-9-16)26-23(27)21-17-10-11-18(20-12-19(17)20)22(21)24(26)28/h2-11,17-22H,12H2,1H3/t17-,18-,19-,20-,21+,22+/m0/s1. The van der Waals surface area contributed by atoms with Gasteiger partial charge in [-0.3, -0.25) is 14.5 Å². The molecule has 5 nitrogen and oxygen atoms in total. The van der Waals surface area contributed by atoms with Crippen LogP contribution in [-0.2, 0) is 9.59 Å². The first-order chi connectivity index (χ1) is 14.5. The summed E-state index contributed by atoms with van der Waals surface area (Å²) in [7, 11) is 0. The Bertz CT molecular complexity index is 1060. The van der Waals surface area contributed by atoms with Crippen LogP contribution in [-0.4, -0.2) is 17.8 Å². The van der Waals surface area contributed by atoms with Crippen LogP contribution in [0.4, 0.5) is 5.69 Å². The van der Waals surface area contributed by atoms with Crippen LogP contribution in [0, 0.1) is 42.4 Å². The molecule has 6 atom stereocenters. The molecule has 0 spiro atoms. The number of hydrogen-bond acceptors (Lipinski definition) is 4. The molecule has 150 valence electrons. The summed E-state index contributed by atoms with van der Waals surface area (Å²) < 4.78 is 5.43. The van der Waals surface area contributed by atoms with Gasteiger partial charge in [-0.05, 0) is 73.4 Å². The van der Waals surface area contributed by atoms with Crippen LogP contribution in [0.15, 0.2) is 60.7 Å². The van der Waals surface area contributed by atoms with Gasteiger partial charge in [0.25, 0.3) is 0 Å². The average molecular weight is 399 g/mol. The lowest BCUT2D eigenvalue weighted by atomic mass is 9.63. The van der Waals surface area contributed by atoms with Crippen molar-refractivity contribution in [3.8, 4) is 5.75 Å². The number of nitrogens with zero attached hydrogens (tertiary/aromatic N) is 1. The Morgan fingerprint density at radius 3 is 2.00 bits per heavy atom. The zero-order valence-electron chi connectivity index (χ0n) is 16.5. The van der Waals surface area contributed by atoms with Gasteiger partial charge >= 0.3 is 5.97 Å². The fraction of sp³-hybridized carbons (Fsp3) is 0.320. The highest BCUT2D eigenvalue weighted by Gasteiger charge is 2.67. The second-order valence-corrected chi connectivity index (χ2v) is 8.92. The number of carbonyl (C=O) groups is 3. The quantitative estimate of drug-likeness (QED) is 0.341. The molecule has 2 aromatic carbocycles. The molecule has 1 saturated heterocycles. The van der Waals surface area contributed by atoms with Gasteiger partial charge in [-0.15, -0.1) is 0 Å². The molecular weight excluding hydrogens is 378 g/mol. The molecule has 5 aliphatic rings. The normalized spacial score (nSPS) is 32.8. The number of ether oxygens (including phenoxy) is 1. The molecule has 2 amide bonds. The lowest BCUT2D eigenvalue weighted by Crippen LogP contribution is -2.40. The van der Waals surface area contributed by atoms with E-state index in [1.54, 1.807) is 36.4 Å². The molecule has 0 unspecified atom stereocenters. The molecule has 3 fully saturated rings. The van der Waals surface area contributed by atoms with Gasteiger partial charge in [0.1, 0.15) is 5.75 Å². The third-order valence-electron chi connectivity index (χ3n) is 7.26. The molecule has 4 aliphatic carbocycles. The van der Waals surface area contributed by atoms with Gasteiger partial charge in [0, 0.05) is 0 Å². The SMILES string of the molecule is Cc1ccc(C(=O)Oc2ccc(N3C(=O)[C@@H]4[C@H]5C=C[C@@H]([C@@H]6C[C@@H]56)[C@H]4C3=O)cc2)cc1. The Balaban J connectivity index is 1.22. The summed E-state index contributed by atoms with van der Waals surface area (Å²) in [4.78, 5) is 40.0. The van der Waals surface area contributed by atoms with Crippen LogP contribution in [0.1, 0.15) is 22.3 Å². The monoisotopic (exact) mass is 399 g/mol. The van der Waals surface area contributed by atoms with Crippen molar-refractivity contribution in [3.05, 3.63) is 71.8 Å². The van der Waals surface area contributed by atoms with Crippen LogP contribution < -0.4 is 9.64 Å². The summed E-state index contributed by atoms with van der Waals surface area (Å²) in [5.74, 6) is 0.932. The van der Waals surface area contributed by atoms with Crippen molar-refractivity contribution >= 4 is 23.5 Å². The molecule has 0 radical (unpaired) electrons. The van der Waals surface area contributed by atoms with Crippen LogP contribution in [0.3, 0.4) is 0 Å². The Labute approximate surface area is 174 Å². The zero-order valence-corrected chi connectivity index (χ0v) is 16.5. The predicted octanol–water partition coefficient (Wildman–Crippen LogP) is 3.77. The topological polar surface area (TPSA) is 63.7 Å². The molecule has 0 N–H and O–H groups in total. The van der Waals surface area contributed by atoms with E-state index >= 15 is 0 Å². The molecule has 2 saturated carbocycles. The minimum absolute atomic E-state index is 0.0842. The van der Waals surface area contributed by atoms with E-state index in [2.05, 4.69) is 12.2 Å². The van der Waals surface area contributed by atoms with Crippen molar-refractivity contribution in [2.75, 3.05) is 4.90 Å². The summed E-state index contributed by atoms with van der Waals surface area (Å²) in [5.41, 5.74) is 2.08. The van der Waals surface area contributed by atoms with Gasteiger partial charge in [0.15, 0.2) is 0 Å². The van der Waals surface area contributed by atoms with E-state index in [4.69, 9.17) is 4.74 Å². The minimum atomic E-state index is -0.441. The maximum absolute atomic E-state index is 13.2. The molecule has 7 rings (SSSR count). The van der Waals surface area contributed by atoms with Gasteiger partial charge in [-0.2, -0.15) is 0 Å². The molecule has 1 heterocycles. The number of hydrogen-bond donors (Lipinski definition) is 0. The maximum Gasteiger partial charge on any atom is 0.343 e. The first-order valence-electron chi connectivity index (χ1n) is 10.5. The third-order valence-corrected chi connectivity index (χ3v) is 7.26. The molecule has 1 aliphatic heterocycles. The number of aryl methyl sites for hydroxylation is 1. The predicted molar refractivity (Wildman–Crippen MR) is 110 cm³/mol. The largest absolute Gasteiger partial charge is 0.423 e.